The number of piperidine rings is 1. The molecule has 1 saturated carbocycles. The SMILES string of the molecule is OC1[C@@H]2CC[C@H]1CN(Cc1cccc(OCc3c(F)cccc3Cl)c1)C2. The molecule has 0 radical (unpaired) electrons. The molecule has 2 fully saturated rings. The molecule has 1 unspecified atom stereocenters. The van der Waals surface area contributed by atoms with E-state index in [4.69, 9.17) is 16.3 Å². The molecule has 138 valence electrons. The minimum atomic E-state index is -0.351. The molecule has 2 bridgehead atoms. The molecule has 2 aromatic carbocycles. The number of nitrogens with zero attached hydrogens (tertiary/aromatic N) is 1. The van der Waals surface area contributed by atoms with Gasteiger partial charge in [-0.1, -0.05) is 29.8 Å². The van der Waals surface area contributed by atoms with Gasteiger partial charge in [0.05, 0.1) is 11.1 Å². The molecule has 0 spiro atoms. The van der Waals surface area contributed by atoms with Crippen molar-refractivity contribution in [3.8, 4) is 5.75 Å². The molecule has 0 amide bonds. The van der Waals surface area contributed by atoms with Crippen molar-refractivity contribution in [2.75, 3.05) is 13.1 Å². The highest BCUT2D eigenvalue weighted by Gasteiger charge is 2.40. The maximum absolute atomic E-state index is 13.9. The van der Waals surface area contributed by atoms with Gasteiger partial charge in [0.25, 0.3) is 0 Å². The molecule has 1 saturated heterocycles. The van der Waals surface area contributed by atoms with E-state index < -0.39 is 0 Å². The predicted molar refractivity (Wildman–Crippen MR) is 99.7 cm³/mol. The topological polar surface area (TPSA) is 32.7 Å². The largest absolute Gasteiger partial charge is 0.489 e. The Balaban J connectivity index is 1.39. The van der Waals surface area contributed by atoms with Gasteiger partial charge in [-0.25, -0.2) is 4.39 Å². The number of likely N-dealkylation sites (tertiary alicyclic amines) is 1. The number of rotatable bonds is 5. The van der Waals surface area contributed by atoms with Crippen molar-refractivity contribution in [1.29, 1.82) is 0 Å². The molecule has 1 heterocycles. The second-order valence-corrected chi connectivity index (χ2v) is 7.83. The first-order chi connectivity index (χ1) is 12.6. The fourth-order valence-electron chi connectivity index (χ4n) is 4.24. The molecule has 2 aromatic rings. The van der Waals surface area contributed by atoms with Crippen molar-refractivity contribution in [2.24, 2.45) is 11.8 Å². The molecule has 1 N–H and O–H groups in total. The van der Waals surface area contributed by atoms with Gasteiger partial charge in [-0.2, -0.15) is 0 Å². The second-order valence-electron chi connectivity index (χ2n) is 7.42. The zero-order valence-electron chi connectivity index (χ0n) is 14.6. The predicted octanol–water partition coefficient (Wildman–Crippen LogP) is 4.26. The van der Waals surface area contributed by atoms with Crippen LogP contribution in [0.3, 0.4) is 0 Å². The fraction of sp³-hybridized carbons (Fsp3) is 0.429. The third-order valence-corrected chi connectivity index (χ3v) is 5.96. The molecule has 5 heteroatoms. The summed E-state index contributed by atoms with van der Waals surface area (Å²) in [6.07, 6.45) is 2.15. The van der Waals surface area contributed by atoms with Crippen LogP contribution in [0, 0.1) is 17.7 Å². The van der Waals surface area contributed by atoms with E-state index in [2.05, 4.69) is 11.0 Å². The molecule has 4 rings (SSSR count). The van der Waals surface area contributed by atoms with E-state index in [1.165, 1.54) is 6.07 Å². The number of benzene rings is 2. The lowest BCUT2D eigenvalue weighted by atomic mass is 9.95. The monoisotopic (exact) mass is 375 g/mol. The molecule has 1 aliphatic heterocycles. The van der Waals surface area contributed by atoms with Crippen LogP contribution >= 0.6 is 11.6 Å². The first-order valence-electron chi connectivity index (χ1n) is 9.15. The third-order valence-electron chi connectivity index (χ3n) is 5.61. The minimum absolute atomic E-state index is 0.106. The van der Waals surface area contributed by atoms with Gasteiger partial charge in [-0.15, -0.1) is 0 Å². The summed E-state index contributed by atoms with van der Waals surface area (Å²) >= 11 is 6.05. The highest BCUT2D eigenvalue weighted by molar-refractivity contribution is 6.31. The smallest absolute Gasteiger partial charge is 0.131 e. The zero-order chi connectivity index (χ0) is 18.1. The van der Waals surface area contributed by atoms with Crippen molar-refractivity contribution >= 4 is 11.6 Å². The Labute approximate surface area is 158 Å². The lowest BCUT2D eigenvalue weighted by Crippen LogP contribution is -2.44. The summed E-state index contributed by atoms with van der Waals surface area (Å²) in [6, 6.07) is 12.6. The Bertz CT molecular complexity index is 750. The van der Waals surface area contributed by atoms with Crippen LogP contribution in [-0.4, -0.2) is 29.2 Å². The summed E-state index contributed by atoms with van der Waals surface area (Å²) < 4.78 is 19.6. The average molecular weight is 376 g/mol. The summed E-state index contributed by atoms with van der Waals surface area (Å²) in [4.78, 5) is 2.42. The summed E-state index contributed by atoms with van der Waals surface area (Å²) in [6.45, 7) is 2.85. The number of hydrogen-bond donors (Lipinski definition) is 1. The Kier molecular flexibility index (Phi) is 5.16. The van der Waals surface area contributed by atoms with Crippen LogP contribution < -0.4 is 4.74 Å². The normalized spacial score (nSPS) is 25.4. The van der Waals surface area contributed by atoms with E-state index >= 15 is 0 Å². The first-order valence-corrected chi connectivity index (χ1v) is 9.53. The molecule has 0 aromatic heterocycles. The molecule has 2 aliphatic rings. The standard InChI is InChI=1S/C21H23ClFNO2/c22-19-5-2-6-20(23)18(19)13-26-17-4-1-3-14(9-17)10-24-11-15-7-8-16(12-24)21(15)25/h1-6,9,15-16,21,25H,7-8,10-13H2/t15-,16+,21?. The third kappa shape index (κ3) is 3.73. The van der Waals surface area contributed by atoms with Gasteiger partial charge in [-0.3, -0.25) is 4.90 Å². The Morgan fingerprint density at radius 1 is 1.12 bits per heavy atom. The van der Waals surface area contributed by atoms with Gasteiger partial charge in [0.2, 0.25) is 0 Å². The van der Waals surface area contributed by atoms with Crippen molar-refractivity contribution in [2.45, 2.75) is 32.1 Å². The van der Waals surface area contributed by atoms with E-state index in [-0.39, 0.29) is 18.5 Å². The zero-order valence-corrected chi connectivity index (χ0v) is 15.3. The van der Waals surface area contributed by atoms with Crippen LogP contribution in [0.4, 0.5) is 4.39 Å². The molecule has 3 nitrogen and oxygen atoms in total. The highest BCUT2D eigenvalue weighted by atomic mass is 35.5. The number of ether oxygens (including phenoxy) is 1. The van der Waals surface area contributed by atoms with Crippen LogP contribution in [0.2, 0.25) is 5.02 Å². The minimum Gasteiger partial charge on any atom is -0.489 e. The fourth-order valence-corrected chi connectivity index (χ4v) is 4.46. The van der Waals surface area contributed by atoms with E-state index in [1.807, 2.05) is 18.2 Å². The van der Waals surface area contributed by atoms with Crippen molar-refractivity contribution in [1.82, 2.24) is 4.90 Å². The molecule has 3 atom stereocenters. The van der Waals surface area contributed by atoms with Crippen LogP contribution in [0.25, 0.3) is 0 Å². The first kappa shape index (κ1) is 17.8. The molecular formula is C21H23ClFNO2. The van der Waals surface area contributed by atoms with E-state index in [9.17, 15) is 9.50 Å². The van der Waals surface area contributed by atoms with Gasteiger partial charge in [-0.05, 0) is 54.5 Å². The van der Waals surface area contributed by atoms with E-state index in [1.54, 1.807) is 12.1 Å². The van der Waals surface area contributed by atoms with Crippen LogP contribution in [0.5, 0.6) is 5.75 Å². The summed E-state index contributed by atoms with van der Waals surface area (Å²) in [5.41, 5.74) is 1.54. The molecular weight excluding hydrogens is 353 g/mol. The number of aliphatic hydroxyl groups excluding tert-OH is 1. The Morgan fingerprint density at radius 3 is 2.58 bits per heavy atom. The van der Waals surface area contributed by atoms with E-state index in [0.29, 0.717) is 28.2 Å². The number of hydrogen-bond acceptors (Lipinski definition) is 3. The Hall–Kier alpha value is -1.62. The Morgan fingerprint density at radius 2 is 1.85 bits per heavy atom. The summed E-state index contributed by atoms with van der Waals surface area (Å²) in [5, 5.41) is 10.5. The van der Waals surface area contributed by atoms with Crippen LogP contribution in [-0.2, 0) is 13.2 Å². The maximum atomic E-state index is 13.9. The number of halogens is 2. The van der Waals surface area contributed by atoms with Crippen LogP contribution in [0.1, 0.15) is 24.0 Å². The highest BCUT2D eigenvalue weighted by Crippen LogP contribution is 2.37. The quantitative estimate of drug-likeness (QED) is 0.847. The second kappa shape index (κ2) is 7.55. The van der Waals surface area contributed by atoms with Crippen molar-refractivity contribution < 1.29 is 14.2 Å². The maximum Gasteiger partial charge on any atom is 0.131 e. The van der Waals surface area contributed by atoms with Gasteiger partial charge in [0.15, 0.2) is 0 Å². The molecule has 26 heavy (non-hydrogen) atoms. The van der Waals surface area contributed by atoms with Gasteiger partial charge >= 0.3 is 0 Å². The van der Waals surface area contributed by atoms with E-state index in [0.717, 1.165) is 38.0 Å². The van der Waals surface area contributed by atoms with Crippen molar-refractivity contribution in [3.63, 3.8) is 0 Å². The van der Waals surface area contributed by atoms with Gasteiger partial charge in [0.1, 0.15) is 18.2 Å². The summed E-state index contributed by atoms with van der Waals surface area (Å²) in [7, 11) is 0. The van der Waals surface area contributed by atoms with Gasteiger partial charge < -0.3 is 9.84 Å². The lowest BCUT2D eigenvalue weighted by Gasteiger charge is -2.35. The van der Waals surface area contributed by atoms with Crippen LogP contribution in [0.15, 0.2) is 42.5 Å². The average Bonchev–Trinajstić information content (AvgIpc) is 2.82. The summed E-state index contributed by atoms with van der Waals surface area (Å²) in [5.74, 6) is 1.19. The van der Waals surface area contributed by atoms with Crippen molar-refractivity contribution in [3.05, 3.63) is 64.4 Å². The number of fused-ring (bicyclic) bond motifs is 2. The number of aliphatic hydroxyl groups is 1. The van der Waals surface area contributed by atoms with Gasteiger partial charge in [0, 0.05) is 25.2 Å². The lowest BCUT2D eigenvalue weighted by molar-refractivity contribution is 0.0138. The molecule has 1 aliphatic carbocycles.